The first-order chi connectivity index (χ1) is 9.65. The molecule has 4 nitrogen and oxygen atoms in total. The van der Waals surface area contributed by atoms with E-state index in [1.165, 1.54) is 12.8 Å². The highest BCUT2D eigenvalue weighted by atomic mass is 79.9. The summed E-state index contributed by atoms with van der Waals surface area (Å²) < 4.78 is 10.4. The lowest BCUT2D eigenvalue weighted by atomic mass is 10.1. The van der Waals surface area contributed by atoms with Gasteiger partial charge in [0.2, 0.25) is 0 Å². The maximum Gasteiger partial charge on any atom is 0.255 e. The Morgan fingerprint density at radius 1 is 1.35 bits per heavy atom. The Balaban J connectivity index is 2.01. The van der Waals surface area contributed by atoms with Gasteiger partial charge in [-0.2, -0.15) is 0 Å². The van der Waals surface area contributed by atoms with Crippen LogP contribution in [-0.2, 0) is 0 Å². The summed E-state index contributed by atoms with van der Waals surface area (Å²) in [6.07, 6.45) is 3.57. The third-order valence-electron chi connectivity index (χ3n) is 3.74. The number of hydrogen-bond donors (Lipinski definition) is 1. The van der Waals surface area contributed by atoms with Crippen LogP contribution >= 0.6 is 15.9 Å². The predicted octanol–water partition coefficient (Wildman–Crippen LogP) is 3.00. The minimum Gasteiger partial charge on any atom is -0.497 e. The zero-order chi connectivity index (χ0) is 14.5. The summed E-state index contributed by atoms with van der Waals surface area (Å²) in [6, 6.07) is 5.21. The van der Waals surface area contributed by atoms with Gasteiger partial charge in [0.05, 0.1) is 19.8 Å². The van der Waals surface area contributed by atoms with Gasteiger partial charge in [-0.05, 0) is 30.9 Å². The molecule has 0 bridgehead atoms. The third kappa shape index (κ3) is 3.45. The first-order valence-corrected chi connectivity index (χ1v) is 7.71. The molecule has 0 aromatic heterocycles. The first-order valence-electron chi connectivity index (χ1n) is 6.80. The van der Waals surface area contributed by atoms with Crippen molar-refractivity contribution in [2.24, 2.45) is 5.92 Å². The van der Waals surface area contributed by atoms with Crippen molar-refractivity contribution >= 4 is 21.8 Å². The quantitative estimate of drug-likeness (QED) is 0.837. The van der Waals surface area contributed by atoms with Crippen LogP contribution in [0.2, 0.25) is 0 Å². The number of halogens is 1. The minimum atomic E-state index is -0.101. The maximum atomic E-state index is 12.2. The lowest BCUT2D eigenvalue weighted by Gasteiger charge is -2.16. The minimum absolute atomic E-state index is 0.101. The molecular formula is C15H20BrNO3. The number of ether oxygens (including phenoxy) is 2. The third-order valence-corrected chi connectivity index (χ3v) is 4.95. The van der Waals surface area contributed by atoms with Gasteiger partial charge in [-0.1, -0.05) is 22.4 Å². The molecule has 0 radical (unpaired) electrons. The van der Waals surface area contributed by atoms with Crippen LogP contribution in [0.3, 0.4) is 0 Å². The van der Waals surface area contributed by atoms with Gasteiger partial charge in [0.25, 0.3) is 5.91 Å². The van der Waals surface area contributed by atoms with E-state index in [1.54, 1.807) is 32.4 Å². The van der Waals surface area contributed by atoms with Gasteiger partial charge in [0.1, 0.15) is 11.5 Å². The average molecular weight is 342 g/mol. The molecule has 1 aliphatic carbocycles. The number of alkyl halides is 1. The molecule has 0 heterocycles. The topological polar surface area (TPSA) is 47.6 Å². The van der Waals surface area contributed by atoms with Crippen molar-refractivity contribution in [3.63, 3.8) is 0 Å². The van der Waals surface area contributed by atoms with Crippen molar-refractivity contribution < 1.29 is 14.3 Å². The normalized spacial score (nSPS) is 21.6. The second-order valence-electron chi connectivity index (χ2n) is 4.98. The van der Waals surface area contributed by atoms with Crippen molar-refractivity contribution in [2.45, 2.75) is 24.1 Å². The Labute approximate surface area is 128 Å². The smallest absolute Gasteiger partial charge is 0.255 e. The van der Waals surface area contributed by atoms with Crippen molar-refractivity contribution in [2.75, 3.05) is 20.8 Å². The van der Waals surface area contributed by atoms with Crippen LogP contribution in [-0.4, -0.2) is 31.5 Å². The largest absolute Gasteiger partial charge is 0.497 e. The molecule has 2 rings (SSSR count). The molecule has 2 atom stereocenters. The summed E-state index contributed by atoms with van der Waals surface area (Å²) in [5, 5.41) is 2.99. The second kappa shape index (κ2) is 6.97. The number of rotatable bonds is 5. The summed E-state index contributed by atoms with van der Waals surface area (Å²) in [7, 11) is 3.14. The molecule has 2 unspecified atom stereocenters. The van der Waals surface area contributed by atoms with Crippen molar-refractivity contribution in [3.8, 4) is 11.5 Å². The monoisotopic (exact) mass is 341 g/mol. The fourth-order valence-electron chi connectivity index (χ4n) is 2.53. The van der Waals surface area contributed by atoms with Gasteiger partial charge < -0.3 is 14.8 Å². The average Bonchev–Trinajstić information content (AvgIpc) is 2.89. The lowest BCUT2D eigenvalue weighted by Crippen LogP contribution is -2.31. The molecule has 1 N–H and O–H groups in total. The van der Waals surface area contributed by atoms with E-state index in [1.807, 2.05) is 0 Å². The highest BCUT2D eigenvalue weighted by Crippen LogP contribution is 2.31. The van der Waals surface area contributed by atoms with Crippen LogP contribution in [0, 0.1) is 5.92 Å². The van der Waals surface area contributed by atoms with Gasteiger partial charge in [-0.25, -0.2) is 0 Å². The molecule has 20 heavy (non-hydrogen) atoms. The van der Waals surface area contributed by atoms with Crippen LogP contribution in [0.25, 0.3) is 0 Å². The summed E-state index contributed by atoms with van der Waals surface area (Å²) in [4.78, 5) is 12.8. The fourth-order valence-corrected chi connectivity index (χ4v) is 3.30. The molecule has 110 valence electrons. The molecule has 5 heteroatoms. The van der Waals surface area contributed by atoms with Crippen molar-refractivity contribution in [1.82, 2.24) is 5.32 Å². The lowest BCUT2D eigenvalue weighted by molar-refractivity contribution is 0.0945. The molecule has 1 aliphatic rings. The second-order valence-corrected chi connectivity index (χ2v) is 6.16. The van der Waals surface area contributed by atoms with E-state index in [-0.39, 0.29) is 5.91 Å². The van der Waals surface area contributed by atoms with Crippen LogP contribution in [0.4, 0.5) is 0 Å². The van der Waals surface area contributed by atoms with E-state index in [0.29, 0.717) is 34.4 Å². The predicted molar refractivity (Wildman–Crippen MR) is 81.9 cm³/mol. The number of benzene rings is 1. The Hall–Kier alpha value is -1.23. The standard InChI is InChI=1S/C15H20BrNO3/c1-19-11-6-7-12(14(8-11)20-2)15(18)17-9-10-4-3-5-13(10)16/h6-8,10,13H,3-5,9H2,1-2H3,(H,17,18). The fraction of sp³-hybridized carbons (Fsp3) is 0.533. The number of hydrogen-bond acceptors (Lipinski definition) is 3. The molecule has 1 fully saturated rings. The van der Waals surface area contributed by atoms with Crippen molar-refractivity contribution in [3.05, 3.63) is 23.8 Å². The Morgan fingerprint density at radius 2 is 2.15 bits per heavy atom. The van der Waals surface area contributed by atoms with E-state index < -0.39 is 0 Å². The van der Waals surface area contributed by atoms with Crippen molar-refractivity contribution in [1.29, 1.82) is 0 Å². The van der Waals surface area contributed by atoms with Crippen LogP contribution in [0.15, 0.2) is 18.2 Å². The van der Waals surface area contributed by atoms with E-state index in [4.69, 9.17) is 9.47 Å². The molecule has 0 spiro atoms. The SMILES string of the molecule is COc1ccc(C(=O)NCC2CCCC2Br)c(OC)c1. The van der Waals surface area contributed by atoms with E-state index in [2.05, 4.69) is 21.2 Å². The van der Waals surface area contributed by atoms with E-state index in [9.17, 15) is 4.79 Å². The van der Waals surface area contributed by atoms with Gasteiger partial charge in [0.15, 0.2) is 0 Å². The molecule has 1 aromatic rings. The van der Waals surface area contributed by atoms with Crippen LogP contribution < -0.4 is 14.8 Å². The number of amides is 1. The summed E-state index contributed by atoms with van der Waals surface area (Å²) >= 11 is 3.67. The zero-order valence-corrected chi connectivity index (χ0v) is 13.4. The molecule has 1 saturated carbocycles. The first kappa shape index (κ1) is 15.2. The molecule has 1 amide bonds. The Bertz CT molecular complexity index is 478. The molecule has 0 saturated heterocycles. The van der Waals surface area contributed by atoms with Gasteiger partial charge in [-0.15, -0.1) is 0 Å². The Kier molecular flexibility index (Phi) is 5.29. The van der Waals surface area contributed by atoms with Gasteiger partial charge in [0, 0.05) is 17.4 Å². The van der Waals surface area contributed by atoms with Gasteiger partial charge in [-0.3, -0.25) is 4.79 Å². The summed E-state index contributed by atoms with van der Waals surface area (Å²) in [6.45, 7) is 0.698. The summed E-state index contributed by atoms with van der Waals surface area (Å²) in [5.74, 6) is 1.62. The van der Waals surface area contributed by atoms with E-state index in [0.717, 1.165) is 6.42 Å². The van der Waals surface area contributed by atoms with Crippen LogP contribution in [0.1, 0.15) is 29.6 Å². The number of nitrogens with one attached hydrogen (secondary N) is 1. The zero-order valence-electron chi connectivity index (χ0n) is 11.8. The molecule has 0 aliphatic heterocycles. The highest BCUT2D eigenvalue weighted by molar-refractivity contribution is 9.09. The highest BCUT2D eigenvalue weighted by Gasteiger charge is 2.25. The Morgan fingerprint density at radius 3 is 2.75 bits per heavy atom. The van der Waals surface area contributed by atoms with Crippen LogP contribution in [0.5, 0.6) is 11.5 Å². The number of carbonyl (C=O) groups is 1. The maximum absolute atomic E-state index is 12.2. The summed E-state index contributed by atoms with van der Waals surface area (Å²) in [5.41, 5.74) is 0.539. The molecular weight excluding hydrogens is 322 g/mol. The van der Waals surface area contributed by atoms with E-state index >= 15 is 0 Å². The number of carbonyl (C=O) groups excluding carboxylic acids is 1. The van der Waals surface area contributed by atoms with Gasteiger partial charge >= 0.3 is 0 Å². The number of methoxy groups -OCH3 is 2. The molecule has 1 aromatic carbocycles.